The molecule has 0 heterocycles. The molecule has 0 aliphatic carbocycles. The molecule has 0 saturated heterocycles. The molecular weight excluding hydrogens is 591 g/mol. The molecule has 0 saturated carbocycles. The van der Waals surface area contributed by atoms with Crippen LogP contribution in [0, 0.1) is 0 Å². The number of anilines is 3. The van der Waals surface area contributed by atoms with Gasteiger partial charge in [-0.25, -0.2) is 0 Å². The average Bonchev–Trinajstić information content (AvgIpc) is 3.20. The van der Waals surface area contributed by atoms with Crippen LogP contribution in [0.4, 0.5) is 17.1 Å². The fourth-order valence-corrected chi connectivity index (χ4v) is 6.48. The highest BCUT2D eigenvalue weighted by Gasteiger charge is 2.14. The molecule has 1 heteroatoms. The van der Waals surface area contributed by atoms with Crippen molar-refractivity contribution in [1.29, 1.82) is 0 Å². The lowest BCUT2D eigenvalue weighted by molar-refractivity contribution is 1.28. The van der Waals surface area contributed by atoms with Crippen LogP contribution in [0.3, 0.4) is 0 Å². The molecule has 0 radical (unpaired) electrons. The normalized spacial score (nSPS) is 10.9. The van der Waals surface area contributed by atoms with Crippen LogP contribution in [0.1, 0.15) is 0 Å². The molecule has 8 rings (SSSR count). The third-order valence-corrected chi connectivity index (χ3v) is 9.11. The molecule has 8 aromatic rings. The molecular formula is C48H35N. The molecule has 0 amide bonds. The van der Waals surface area contributed by atoms with Gasteiger partial charge in [-0.3, -0.25) is 0 Å². The molecule has 0 atom stereocenters. The van der Waals surface area contributed by atoms with Gasteiger partial charge in [0, 0.05) is 17.1 Å². The minimum absolute atomic E-state index is 1.11. The smallest absolute Gasteiger partial charge is 0.0462 e. The van der Waals surface area contributed by atoms with Gasteiger partial charge in [0.15, 0.2) is 0 Å². The van der Waals surface area contributed by atoms with Crippen LogP contribution in [0.2, 0.25) is 0 Å². The highest BCUT2D eigenvalue weighted by Crippen LogP contribution is 2.38. The van der Waals surface area contributed by atoms with E-state index in [1.54, 1.807) is 0 Å². The predicted octanol–water partition coefficient (Wildman–Crippen LogP) is 13.5. The van der Waals surface area contributed by atoms with Gasteiger partial charge in [-0.2, -0.15) is 0 Å². The van der Waals surface area contributed by atoms with Gasteiger partial charge in [0.1, 0.15) is 0 Å². The zero-order chi connectivity index (χ0) is 32.8. The molecule has 0 unspecified atom stereocenters. The quantitative estimate of drug-likeness (QED) is 0.162. The number of hydrogen-bond acceptors (Lipinski definition) is 1. The van der Waals surface area contributed by atoms with Crippen molar-refractivity contribution in [1.82, 2.24) is 0 Å². The van der Waals surface area contributed by atoms with Crippen molar-refractivity contribution < 1.29 is 0 Å². The van der Waals surface area contributed by atoms with Crippen molar-refractivity contribution in [3.05, 3.63) is 212 Å². The lowest BCUT2D eigenvalue weighted by Crippen LogP contribution is -2.09. The van der Waals surface area contributed by atoms with Crippen molar-refractivity contribution in [2.75, 3.05) is 4.90 Å². The molecule has 0 fully saturated rings. The van der Waals surface area contributed by atoms with Crippen molar-refractivity contribution in [2.24, 2.45) is 0 Å². The third kappa shape index (κ3) is 6.56. The van der Waals surface area contributed by atoms with Crippen LogP contribution in [-0.2, 0) is 0 Å². The Bertz CT molecular complexity index is 2260. The summed E-state index contributed by atoms with van der Waals surface area (Å²) in [5, 5.41) is 0. The fourth-order valence-electron chi connectivity index (χ4n) is 6.48. The van der Waals surface area contributed by atoms with Crippen LogP contribution < -0.4 is 4.90 Å². The van der Waals surface area contributed by atoms with Crippen molar-refractivity contribution in [3.8, 4) is 55.6 Å². The van der Waals surface area contributed by atoms with Gasteiger partial charge < -0.3 is 4.90 Å². The molecule has 49 heavy (non-hydrogen) atoms. The minimum atomic E-state index is 1.11. The molecule has 0 bridgehead atoms. The Kier molecular flexibility index (Phi) is 8.39. The maximum atomic E-state index is 2.33. The lowest BCUT2D eigenvalue weighted by Gasteiger charge is -2.26. The predicted molar refractivity (Wildman–Crippen MR) is 208 cm³/mol. The Balaban J connectivity index is 1.12. The van der Waals surface area contributed by atoms with Gasteiger partial charge in [-0.15, -0.1) is 0 Å². The van der Waals surface area contributed by atoms with Gasteiger partial charge in [-0.05, 0) is 98.1 Å². The SMILES string of the molecule is c1ccc(-c2ccc(-c3ccc(N(c4ccc(-c5ccccc5)cc4)c4ccc(-c5cccc(-c6ccccc6)c5)cc4)cc3)cc2)cc1. The molecule has 0 spiro atoms. The number of nitrogens with zero attached hydrogens (tertiary/aromatic N) is 1. The zero-order valence-corrected chi connectivity index (χ0v) is 27.2. The van der Waals surface area contributed by atoms with E-state index in [4.69, 9.17) is 0 Å². The van der Waals surface area contributed by atoms with Gasteiger partial charge in [0.05, 0.1) is 0 Å². The summed E-state index contributed by atoms with van der Waals surface area (Å²) in [5.41, 5.74) is 15.4. The Labute approximate surface area is 289 Å². The first-order valence-corrected chi connectivity index (χ1v) is 16.8. The van der Waals surface area contributed by atoms with E-state index in [1.165, 1.54) is 55.6 Å². The number of rotatable bonds is 8. The summed E-state index contributed by atoms with van der Waals surface area (Å²) < 4.78 is 0. The van der Waals surface area contributed by atoms with E-state index in [0.29, 0.717) is 0 Å². The van der Waals surface area contributed by atoms with Crippen LogP contribution in [0.5, 0.6) is 0 Å². The largest absolute Gasteiger partial charge is 0.311 e. The van der Waals surface area contributed by atoms with E-state index in [-0.39, 0.29) is 0 Å². The maximum Gasteiger partial charge on any atom is 0.0462 e. The van der Waals surface area contributed by atoms with E-state index in [2.05, 4.69) is 217 Å². The molecule has 0 aliphatic heterocycles. The zero-order valence-electron chi connectivity index (χ0n) is 27.2. The minimum Gasteiger partial charge on any atom is -0.311 e. The molecule has 1 nitrogen and oxygen atoms in total. The van der Waals surface area contributed by atoms with Crippen molar-refractivity contribution >= 4 is 17.1 Å². The second-order valence-electron chi connectivity index (χ2n) is 12.2. The summed E-state index contributed by atoms with van der Waals surface area (Å²) in [7, 11) is 0. The van der Waals surface area contributed by atoms with Crippen LogP contribution in [-0.4, -0.2) is 0 Å². The van der Waals surface area contributed by atoms with E-state index in [0.717, 1.165) is 17.1 Å². The molecule has 0 N–H and O–H groups in total. The summed E-state index contributed by atoms with van der Waals surface area (Å²) in [4.78, 5) is 2.33. The van der Waals surface area contributed by atoms with Gasteiger partial charge in [0.2, 0.25) is 0 Å². The van der Waals surface area contributed by atoms with E-state index in [1.807, 2.05) is 0 Å². The summed E-state index contributed by atoms with van der Waals surface area (Å²) in [5.74, 6) is 0. The van der Waals surface area contributed by atoms with Gasteiger partial charge in [0.25, 0.3) is 0 Å². The first-order valence-electron chi connectivity index (χ1n) is 16.8. The number of hydrogen-bond donors (Lipinski definition) is 0. The standard InChI is InChI=1S/C48H35N/c1-4-11-36(12-5-1)39-19-21-40(22-20-39)42-25-31-47(32-26-42)49(46-29-23-41(24-30-46)37-13-6-2-7-14-37)48-33-27-43(28-34-48)45-18-10-17-44(35-45)38-15-8-3-9-16-38/h1-35H. The highest BCUT2D eigenvalue weighted by molar-refractivity contribution is 5.82. The highest BCUT2D eigenvalue weighted by atomic mass is 15.1. The Hall–Kier alpha value is -6.44. The van der Waals surface area contributed by atoms with Crippen LogP contribution in [0.25, 0.3) is 55.6 Å². The van der Waals surface area contributed by atoms with E-state index < -0.39 is 0 Å². The topological polar surface area (TPSA) is 3.24 Å². The molecule has 0 aliphatic rings. The van der Waals surface area contributed by atoms with E-state index >= 15 is 0 Å². The first-order chi connectivity index (χ1) is 24.3. The Morgan fingerprint density at radius 2 is 0.408 bits per heavy atom. The molecule has 0 aromatic heterocycles. The number of benzene rings is 8. The second-order valence-corrected chi connectivity index (χ2v) is 12.2. The average molecular weight is 626 g/mol. The Morgan fingerprint density at radius 3 is 0.735 bits per heavy atom. The van der Waals surface area contributed by atoms with E-state index in [9.17, 15) is 0 Å². The fraction of sp³-hybridized carbons (Fsp3) is 0. The second kappa shape index (κ2) is 13.7. The van der Waals surface area contributed by atoms with Gasteiger partial charge >= 0.3 is 0 Å². The summed E-state index contributed by atoms with van der Waals surface area (Å²) >= 11 is 0. The van der Waals surface area contributed by atoms with Crippen LogP contribution in [0.15, 0.2) is 212 Å². The van der Waals surface area contributed by atoms with Crippen LogP contribution >= 0.6 is 0 Å². The molecule has 8 aromatic carbocycles. The van der Waals surface area contributed by atoms with Crippen molar-refractivity contribution in [2.45, 2.75) is 0 Å². The van der Waals surface area contributed by atoms with Crippen molar-refractivity contribution in [3.63, 3.8) is 0 Å². The first kappa shape index (κ1) is 29.9. The Morgan fingerprint density at radius 1 is 0.184 bits per heavy atom. The summed E-state index contributed by atoms with van der Waals surface area (Å²) in [6.45, 7) is 0. The summed E-state index contributed by atoms with van der Waals surface area (Å²) in [6, 6.07) is 75.9. The maximum absolute atomic E-state index is 2.33. The summed E-state index contributed by atoms with van der Waals surface area (Å²) in [6.07, 6.45) is 0. The lowest BCUT2D eigenvalue weighted by atomic mass is 9.98. The third-order valence-electron chi connectivity index (χ3n) is 9.11. The molecule has 232 valence electrons. The van der Waals surface area contributed by atoms with Gasteiger partial charge in [-0.1, -0.05) is 170 Å². The monoisotopic (exact) mass is 625 g/mol.